The maximum Gasteiger partial charge on any atom is 0.281 e. The standard InChI is InChI=1S/C8H15ClN2O2S/c9-5-8-6-11(7-8)14(12,13)10-3-1-2-4-10/h8H,1-7H2. The van der Waals surface area contributed by atoms with Crippen molar-refractivity contribution in [2.45, 2.75) is 12.8 Å². The minimum atomic E-state index is -3.14. The molecule has 0 amide bonds. The average molecular weight is 239 g/mol. The van der Waals surface area contributed by atoms with E-state index in [-0.39, 0.29) is 0 Å². The molecule has 2 rings (SSSR count). The Labute approximate surface area is 90.0 Å². The van der Waals surface area contributed by atoms with Crippen LogP contribution < -0.4 is 0 Å². The fourth-order valence-electron chi connectivity index (χ4n) is 1.89. The molecule has 2 aliphatic rings. The number of rotatable bonds is 3. The van der Waals surface area contributed by atoms with E-state index in [1.54, 1.807) is 4.31 Å². The maximum absolute atomic E-state index is 11.9. The molecule has 0 N–H and O–H groups in total. The molecule has 0 bridgehead atoms. The van der Waals surface area contributed by atoms with E-state index < -0.39 is 10.2 Å². The normalized spacial score (nSPS) is 26.6. The van der Waals surface area contributed by atoms with Crippen molar-refractivity contribution in [3.8, 4) is 0 Å². The first-order valence-corrected chi connectivity index (χ1v) is 6.89. The predicted molar refractivity (Wildman–Crippen MR) is 55.5 cm³/mol. The monoisotopic (exact) mass is 238 g/mol. The average Bonchev–Trinajstić information content (AvgIpc) is 2.53. The lowest BCUT2D eigenvalue weighted by Crippen LogP contribution is -2.55. The van der Waals surface area contributed by atoms with Crippen molar-refractivity contribution in [1.29, 1.82) is 0 Å². The molecule has 0 spiro atoms. The van der Waals surface area contributed by atoms with Crippen LogP contribution in [-0.4, -0.2) is 49.1 Å². The quantitative estimate of drug-likeness (QED) is 0.672. The van der Waals surface area contributed by atoms with Crippen molar-refractivity contribution in [2.75, 3.05) is 32.1 Å². The Morgan fingerprint density at radius 1 is 1.14 bits per heavy atom. The van der Waals surface area contributed by atoms with Crippen LogP contribution in [0.15, 0.2) is 0 Å². The van der Waals surface area contributed by atoms with Crippen LogP contribution >= 0.6 is 11.6 Å². The van der Waals surface area contributed by atoms with E-state index in [9.17, 15) is 8.42 Å². The Bertz CT molecular complexity index is 294. The van der Waals surface area contributed by atoms with Crippen molar-refractivity contribution in [2.24, 2.45) is 5.92 Å². The zero-order valence-corrected chi connectivity index (χ0v) is 9.60. The molecule has 6 heteroatoms. The first-order valence-electron chi connectivity index (χ1n) is 4.96. The summed E-state index contributed by atoms with van der Waals surface area (Å²) in [5.74, 6) is 0.917. The van der Waals surface area contributed by atoms with Gasteiger partial charge < -0.3 is 0 Å². The third-order valence-corrected chi connectivity index (χ3v) is 5.26. The molecule has 82 valence electrons. The summed E-state index contributed by atoms with van der Waals surface area (Å²) in [7, 11) is -3.14. The van der Waals surface area contributed by atoms with E-state index in [1.165, 1.54) is 4.31 Å². The Balaban J connectivity index is 1.96. The van der Waals surface area contributed by atoms with Crippen LogP contribution in [0, 0.1) is 5.92 Å². The topological polar surface area (TPSA) is 40.6 Å². The van der Waals surface area contributed by atoms with Gasteiger partial charge in [0.25, 0.3) is 10.2 Å². The summed E-state index contributed by atoms with van der Waals surface area (Å²) in [5.41, 5.74) is 0. The Kier molecular flexibility index (Phi) is 3.02. The molecule has 0 aromatic carbocycles. The summed E-state index contributed by atoms with van der Waals surface area (Å²) in [5, 5.41) is 0. The van der Waals surface area contributed by atoms with E-state index in [0.717, 1.165) is 12.8 Å². The van der Waals surface area contributed by atoms with Gasteiger partial charge in [-0.05, 0) is 12.8 Å². The number of alkyl halides is 1. The highest BCUT2D eigenvalue weighted by Crippen LogP contribution is 2.25. The van der Waals surface area contributed by atoms with Crippen LogP contribution in [0.2, 0.25) is 0 Å². The number of hydrogen-bond acceptors (Lipinski definition) is 2. The molecule has 14 heavy (non-hydrogen) atoms. The van der Waals surface area contributed by atoms with Crippen molar-refractivity contribution >= 4 is 21.8 Å². The van der Waals surface area contributed by atoms with Crippen molar-refractivity contribution in [3.05, 3.63) is 0 Å². The summed E-state index contributed by atoms with van der Waals surface area (Å²) in [6.07, 6.45) is 1.98. The van der Waals surface area contributed by atoms with E-state index >= 15 is 0 Å². The van der Waals surface area contributed by atoms with Crippen LogP contribution in [0.25, 0.3) is 0 Å². The lowest BCUT2D eigenvalue weighted by molar-refractivity contribution is 0.206. The van der Waals surface area contributed by atoms with Gasteiger partial charge in [-0.25, -0.2) is 0 Å². The molecule has 0 aromatic rings. The van der Waals surface area contributed by atoms with E-state index in [4.69, 9.17) is 11.6 Å². The molecule has 4 nitrogen and oxygen atoms in total. The molecule has 2 heterocycles. The van der Waals surface area contributed by atoms with Gasteiger partial charge in [0.2, 0.25) is 0 Å². The molecule has 2 aliphatic heterocycles. The zero-order valence-electron chi connectivity index (χ0n) is 8.02. The van der Waals surface area contributed by atoms with E-state index in [1.807, 2.05) is 0 Å². The summed E-state index contributed by atoms with van der Waals surface area (Å²) >= 11 is 5.64. The first-order chi connectivity index (χ1) is 6.64. The SMILES string of the molecule is O=S(=O)(N1CCCC1)N1CC(CCl)C1. The van der Waals surface area contributed by atoms with Gasteiger partial charge in [0.05, 0.1) is 0 Å². The van der Waals surface area contributed by atoms with Gasteiger partial charge >= 0.3 is 0 Å². The summed E-state index contributed by atoms with van der Waals surface area (Å²) in [6, 6.07) is 0. The molecule has 0 unspecified atom stereocenters. The van der Waals surface area contributed by atoms with Crippen molar-refractivity contribution in [3.63, 3.8) is 0 Å². The molecule has 2 saturated heterocycles. The minimum Gasteiger partial charge on any atom is -0.195 e. The lowest BCUT2D eigenvalue weighted by Gasteiger charge is -2.39. The van der Waals surface area contributed by atoms with Gasteiger partial charge in [0.1, 0.15) is 0 Å². The third-order valence-electron chi connectivity index (χ3n) is 2.86. The number of hydrogen-bond donors (Lipinski definition) is 0. The molecular weight excluding hydrogens is 224 g/mol. The maximum atomic E-state index is 11.9. The fourth-order valence-corrected chi connectivity index (χ4v) is 3.93. The van der Waals surface area contributed by atoms with Gasteiger partial charge in [-0.3, -0.25) is 0 Å². The Morgan fingerprint density at radius 2 is 1.71 bits per heavy atom. The third kappa shape index (κ3) is 1.78. The van der Waals surface area contributed by atoms with Gasteiger partial charge in [-0.2, -0.15) is 17.0 Å². The second-order valence-electron chi connectivity index (χ2n) is 3.95. The first kappa shape index (κ1) is 10.7. The smallest absolute Gasteiger partial charge is 0.195 e. The fraction of sp³-hybridized carbons (Fsp3) is 1.00. The molecular formula is C8H15ClN2O2S. The van der Waals surface area contributed by atoms with Crippen molar-refractivity contribution < 1.29 is 8.42 Å². The number of halogens is 1. The highest BCUT2D eigenvalue weighted by atomic mass is 35.5. The molecule has 0 radical (unpaired) electrons. The minimum absolute atomic E-state index is 0.356. The lowest BCUT2D eigenvalue weighted by atomic mass is 10.1. The van der Waals surface area contributed by atoms with Crippen LogP contribution in [0.4, 0.5) is 0 Å². The van der Waals surface area contributed by atoms with Crippen molar-refractivity contribution in [1.82, 2.24) is 8.61 Å². The second-order valence-corrected chi connectivity index (χ2v) is 6.19. The molecule has 0 saturated carbocycles. The highest BCUT2D eigenvalue weighted by molar-refractivity contribution is 7.86. The van der Waals surface area contributed by atoms with Gasteiger partial charge in [-0.15, -0.1) is 11.6 Å². The second kappa shape index (κ2) is 3.96. The molecule has 0 atom stereocenters. The van der Waals surface area contributed by atoms with Gasteiger partial charge in [-0.1, -0.05) is 0 Å². The van der Waals surface area contributed by atoms with Crippen LogP contribution in [0.3, 0.4) is 0 Å². The predicted octanol–water partition coefficient (Wildman–Crippen LogP) is 0.498. The zero-order chi connectivity index (χ0) is 10.2. The van der Waals surface area contributed by atoms with Crippen LogP contribution in [0.1, 0.15) is 12.8 Å². The van der Waals surface area contributed by atoms with Crippen LogP contribution in [-0.2, 0) is 10.2 Å². The highest BCUT2D eigenvalue weighted by Gasteiger charge is 2.39. The molecule has 2 fully saturated rings. The Hall–Kier alpha value is 0.160. The largest absolute Gasteiger partial charge is 0.281 e. The summed E-state index contributed by atoms with van der Waals surface area (Å²) in [6.45, 7) is 2.57. The molecule has 0 aliphatic carbocycles. The van der Waals surface area contributed by atoms with Gasteiger partial charge in [0, 0.05) is 38.0 Å². The molecule has 0 aromatic heterocycles. The van der Waals surface area contributed by atoms with Gasteiger partial charge in [0.15, 0.2) is 0 Å². The number of nitrogens with zero attached hydrogens (tertiary/aromatic N) is 2. The van der Waals surface area contributed by atoms with Crippen LogP contribution in [0.5, 0.6) is 0 Å². The summed E-state index contributed by atoms with van der Waals surface area (Å²) < 4.78 is 26.9. The summed E-state index contributed by atoms with van der Waals surface area (Å²) in [4.78, 5) is 0. The van der Waals surface area contributed by atoms with E-state index in [2.05, 4.69) is 0 Å². The Morgan fingerprint density at radius 3 is 2.21 bits per heavy atom. The van der Waals surface area contributed by atoms with E-state index in [0.29, 0.717) is 38.0 Å².